The molecule has 0 bridgehead atoms. The highest BCUT2D eigenvalue weighted by molar-refractivity contribution is 7.09. The fourth-order valence-electron chi connectivity index (χ4n) is 2.33. The van der Waals surface area contributed by atoms with Crippen LogP contribution in [0.5, 0.6) is 5.75 Å². The van der Waals surface area contributed by atoms with E-state index in [9.17, 15) is 0 Å². The summed E-state index contributed by atoms with van der Waals surface area (Å²) in [5.74, 6) is 0.970. The standard InChI is InChI=1S/C16H18N2OS/c1-3-9-19-16-6-4-5-15-14(16)7-8-18(15)10-13-11-20-12(2)17-13/h4-8,11H,3,9-10H2,1-2H3. The van der Waals surface area contributed by atoms with Gasteiger partial charge in [-0.25, -0.2) is 4.98 Å². The lowest BCUT2D eigenvalue weighted by atomic mass is 10.2. The number of fused-ring (bicyclic) bond motifs is 1. The number of benzene rings is 1. The van der Waals surface area contributed by atoms with E-state index in [1.807, 2.05) is 13.0 Å². The molecule has 2 aromatic heterocycles. The molecule has 0 aliphatic carbocycles. The molecule has 0 radical (unpaired) electrons. The summed E-state index contributed by atoms with van der Waals surface area (Å²) in [6, 6.07) is 8.35. The third-order valence-corrected chi connectivity index (χ3v) is 4.06. The van der Waals surface area contributed by atoms with Crippen LogP contribution >= 0.6 is 11.3 Å². The van der Waals surface area contributed by atoms with E-state index in [4.69, 9.17) is 4.74 Å². The Kier molecular flexibility index (Phi) is 3.74. The normalized spacial score (nSPS) is 11.1. The summed E-state index contributed by atoms with van der Waals surface area (Å²) in [6.45, 7) is 5.73. The van der Waals surface area contributed by atoms with Gasteiger partial charge >= 0.3 is 0 Å². The van der Waals surface area contributed by atoms with E-state index in [2.05, 4.69) is 46.3 Å². The van der Waals surface area contributed by atoms with Crippen molar-refractivity contribution in [3.05, 3.63) is 46.5 Å². The van der Waals surface area contributed by atoms with Crippen molar-refractivity contribution in [1.29, 1.82) is 0 Å². The van der Waals surface area contributed by atoms with Gasteiger partial charge in [0.1, 0.15) is 5.75 Å². The average Bonchev–Trinajstić information content (AvgIpc) is 3.04. The Hall–Kier alpha value is -1.81. The number of hydrogen-bond donors (Lipinski definition) is 0. The van der Waals surface area contributed by atoms with Crippen LogP contribution in [0.4, 0.5) is 0 Å². The molecule has 3 rings (SSSR count). The van der Waals surface area contributed by atoms with Crippen LogP contribution in [-0.4, -0.2) is 16.2 Å². The molecule has 0 N–H and O–H groups in total. The SMILES string of the molecule is CCCOc1cccc2c1ccn2Cc1csc(C)n1. The van der Waals surface area contributed by atoms with Crippen LogP contribution in [0.3, 0.4) is 0 Å². The summed E-state index contributed by atoms with van der Waals surface area (Å²) in [4.78, 5) is 4.53. The van der Waals surface area contributed by atoms with Gasteiger partial charge in [-0.15, -0.1) is 11.3 Å². The number of rotatable bonds is 5. The van der Waals surface area contributed by atoms with Crippen LogP contribution in [-0.2, 0) is 6.54 Å². The molecule has 20 heavy (non-hydrogen) atoms. The minimum absolute atomic E-state index is 0.759. The first kappa shape index (κ1) is 13.2. The predicted molar refractivity (Wildman–Crippen MR) is 83.7 cm³/mol. The first-order chi connectivity index (χ1) is 9.78. The summed E-state index contributed by atoms with van der Waals surface area (Å²) in [6.07, 6.45) is 3.13. The van der Waals surface area contributed by atoms with Gasteiger partial charge in [0.15, 0.2) is 0 Å². The molecule has 0 amide bonds. The van der Waals surface area contributed by atoms with E-state index in [0.29, 0.717) is 0 Å². The van der Waals surface area contributed by atoms with Gasteiger partial charge in [-0.1, -0.05) is 13.0 Å². The zero-order valence-corrected chi connectivity index (χ0v) is 12.6. The molecule has 4 heteroatoms. The molecule has 3 nitrogen and oxygen atoms in total. The Bertz CT molecular complexity index is 714. The highest BCUT2D eigenvalue weighted by atomic mass is 32.1. The van der Waals surface area contributed by atoms with Crippen LogP contribution in [0.15, 0.2) is 35.8 Å². The molecule has 1 aromatic carbocycles. The highest BCUT2D eigenvalue weighted by Gasteiger charge is 2.08. The first-order valence-corrected chi connectivity index (χ1v) is 7.77. The second-order valence-corrected chi connectivity index (χ2v) is 5.90. The van der Waals surface area contributed by atoms with Crippen molar-refractivity contribution in [3.8, 4) is 5.75 Å². The molecule has 0 saturated heterocycles. The van der Waals surface area contributed by atoms with Gasteiger partial charge in [-0.2, -0.15) is 0 Å². The summed E-state index contributed by atoms with van der Waals surface area (Å²) in [5.41, 5.74) is 2.31. The Morgan fingerprint density at radius 3 is 2.95 bits per heavy atom. The molecule has 0 aliphatic rings. The number of thiazole rings is 1. The molecule has 2 heterocycles. The largest absolute Gasteiger partial charge is 0.493 e. The van der Waals surface area contributed by atoms with Crippen molar-refractivity contribution < 1.29 is 4.74 Å². The van der Waals surface area contributed by atoms with Crippen molar-refractivity contribution in [2.75, 3.05) is 6.61 Å². The van der Waals surface area contributed by atoms with Gasteiger partial charge in [0.2, 0.25) is 0 Å². The maximum Gasteiger partial charge on any atom is 0.128 e. The smallest absolute Gasteiger partial charge is 0.128 e. The summed E-state index contributed by atoms with van der Waals surface area (Å²) >= 11 is 1.70. The van der Waals surface area contributed by atoms with Crippen molar-refractivity contribution >= 4 is 22.2 Å². The lowest BCUT2D eigenvalue weighted by Crippen LogP contribution is -1.99. The number of aromatic nitrogens is 2. The minimum Gasteiger partial charge on any atom is -0.493 e. The third-order valence-electron chi connectivity index (χ3n) is 3.23. The van der Waals surface area contributed by atoms with Gasteiger partial charge in [0.05, 0.1) is 29.4 Å². The molecule has 0 aliphatic heterocycles. The molecule has 104 valence electrons. The van der Waals surface area contributed by atoms with E-state index in [1.54, 1.807) is 11.3 Å². The van der Waals surface area contributed by atoms with E-state index >= 15 is 0 Å². The number of nitrogens with zero attached hydrogens (tertiary/aromatic N) is 2. The number of aryl methyl sites for hydroxylation is 1. The molecule has 0 fully saturated rings. The van der Waals surface area contributed by atoms with Crippen LogP contribution < -0.4 is 4.74 Å². The number of ether oxygens (including phenoxy) is 1. The van der Waals surface area contributed by atoms with Crippen LogP contribution in [0, 0.1) is 6.92 Å². The molecule has 0 saturated carbocycles. The molecule has 0 spiro atoms. The highest BCUT2D eigenvalue weighted by Crippen LogP contribution is 2.27. The fourth-order valence-corrected chi connectivity index (χ4v) is 2.93. The van der Waals surface area contributed by atoms with Gasteiger partial charge in [0.25, 0.3) is 0 Å². The van der Waals surface area contributed by atoms with E-state index in [-0.39, 0.29) is 0 Å². The fraction of sp³-hybridized carbons (Fsp3) is 0.312. The zero-order chi connectivity index (χ0) is 13.9. The van der Waals surface area contributed by atoms with Crippen LogP contribution in [0.2, 0.25) is 0 Å². The molecule has 3 aromatic rings. The Balaban J connectivity index is 1.92. The Morgan fingerprint density at radius 2 is 2.20 bits per heavy atom. The van der Waals surface area contributed by atoms with Gasteiger partial charge in [-0.05, 0) is 31.5 Å². The quantitative estimate of drug-likeness (QED) is 0.701. The Morgan fingerprint density at radius 1 is 1.30 bits per heavy atom. The Labute approximate surface area is 122 Å². The van der Waals surface area contributed by atoms with E-state index in [0.717, 1.165) is 36.0 Å². The van der Waals surface area contributed by atoms with Gasteiger partial charge in [0, 0.05) is 17.0 Å². The van der Waals surface area contributed by atoms with Crippen molar-refractivity contribution in [3.63, 3.8) is 0 Å². The lowest BCUT2D eigenvalue weighted by molar-refractivity contribution is 0.321. The first-order valence-electron chi connectivity index (χ1n) is 6.89. The molecule has 0 atom stereocenters. The molecule has 0 unspecified atom stereocenters. The zero-order valence-electron chi connectivity index (χ0n) is 11.8. The molecular weight excluding hydrogens is 268 g/mol. The second kappa shape index (κ2) is 5.67. The molecular formula is C16H18N2OS. The van der Waals surface area contributed by atoms with Gasteiger partial charge < -0.3 is 9.30 Å². The second-order valence-electron chi connectivity index (χ2n) is 4.84. The monoisotopic (exact) mass is 286 g/mol. The average molecular weight is 286 g/mol. The van der Waals surface area contributed by atoms with Crippen LogP contribution in [0.1, 0.15) is 24.0 Å². The lowest BCUT2D eigenvalue weighted by Gasteiger charge is -2.07. The van der Waals surface area contributed by atoms with Gasteiger partial charge in [-0.3, -0.25) is 0 Å². The summed E-state index contributed by atoms with van der Waals surface area (Å²) < 4.78 is 8.03. The van der Waals surface area contributed by atoms with E-state index in [1.165, 1.54) is 10.9 Å². The van der Waals surface area contributed by atoms with Crippen molar-refractivity contribution in [2.24, 2.45) is 0 Å². The maximum atomic E-state index is 5.81. The maximum absolute atomic E-state index is 5.81. The topological polar surface area (TPSA) is 27.1 Å². The number of hydrogen-bond acceptors (Lipinski definition) is 3. The summed E-state index contributed by atoms with van der Waals surface area (Å²) in [5, 5.41) is 4.41. The summed E-state index contributed by atoms with van der Waals surface area (Å²) in [7, 11) is 0. The van der Waals surface area contributed by atoms with Crippen LogP contribution in [0.25, 0.3) is 10.9 Å². The van der Waals surface area contributed by atoms with Crippen molar-refractivity contribution in [1.82, 2.24) is 9.55 Å². The minimum atomic E-state index is 0.759. The van der Waals surface area contributed by atoms with Crippen molar-refractivity contribution in [2.45, 2.75) is 26.8 Å². The third kappa shape index (κ3) is 2.56. The predicted octanol–water partition coefficient (Wildman–Crippen LogP) is 4.24. The van der Waals surface area contributed by atoms with E-state index < -0.39 is 0 Å².